The Hall–Kier alpha value is -4.54. The van der Waals surface area contributed by atoms with Gasteiger partial charge in [0.1, 0.15) is 17.1 Å². The molecule has 11 heteroatoms. The fraction of sp³-hybridized carbons (Fsp3) is 0.217. The van der Waals surface area contributed by atoms with Crippen molar-refractivity contribution in [2.45, 2.75) is 20.4 Å². The average Bonchev–Trinajstić information content (AvgIpc) is 3.11. The number of nitrogens with one attached hydrogen (secondary N) is 2. The van der Waals surface area contributed by atoms with Crippen LogP contribution in [0.2, 0.25) is 0 Å². The third-order valence-corrected chi connectivity index (χ3v) is 5.00. The number of aryl methyl sites for hydroxylation is 1. The normalized spacial score (nSPS) is 10.8. The third-order valence-electron chi connectivity index (χ3n) is 5.00. The maximum atomic E-state index is 12.0. The summed E-state index contributed by atoms with van der Waals surface area (Å²) >= 11 is 0. The van der Waals surface area contributed by atoms with E-state index in [2.05, 4.69) is 20.9 Å². The second kappa shape index (κ2) is 10.9. The molecule has 2 amide bonds. The molecular formula is C23H24N6O5. The number of aromatic nitrogens is 2. The van der Waals surface area contributed by atoms with Gasteiger partial charge in [-0.1, -0.05) is 18.2 Å². The number of nitrogens with zero attached hydrogens (tertiary/aromatic N) is 4. The summed E-state index contributed by atoms with van der Waals surface area (Å²) in [6.07, 6.45) is 1.45. The average molecular weight is 464 g/mol. The highest BCUT2D eigenvalue weighted by atomic mass is 16.6. The highest BCUT2D eigenvalue weighted by Crippen LogP contribution is 2.25. The predicted molar refractivity (Wildman–Crippen MR) is 125 cm³/mol. The molecule has 0 saturated heterocycles. The Bertz CT molecular complexity index is 1240. The van der Waals surface area contributed by atoms with Crippen molar-refractivity contribution < 1.29 is 19.2 Å². The smallest absolute Gasteiger partial charge is 0.312 e. The van der Waals surface area contributed by atoms with Gasteiger partial charge in [0, 0.05) is 11.1 Å². The van der Waals surface area contributed by atoms with Crippen LogP contribution in [0, 0.1) is 24.0 Å². The fourth-order valence-corrected chi connectivity index (χ4v) is 3.34. The maximum absolute atomic E-state index is 12.0. The van der Waals surface area contributed by atoms with Gasteiger partial charge in [0.25, 0.3) is 11.8 Å². The fourth-order valence-electron chi connectivity index (χ4n) is 3.34. The molecule has 3 rings (SSSR count). The molecule has 2 N–H and O–H groups in total. The van der Waals surface area contributed by atoms with Crippen LogP contribution in [0.5, 0.6) is 5.75 Å². The Morgan fingerprint density at radius 3 is 2.59 bits per heavy atom. The number of hydrogen-bond acceptors (Lipinski definition) is 7. The molecule has 0 fully saturated rings. The number of amides is 2. The minimum atomic E-state index is -0.482. The van der Waals surface area contributed by atoms with Crippen LogP contribution in [-0.2, 0) is 11.3 Å². The molecule has 0 atom stereocenters. The van der Waals surface area contributed by atoms with E-state index in [1.54, 1.807) is 67.1 Å². The Kier molecular flexibility index (Phi) is 7.70. The van der Waals surface area contributed by atoms with Gasteiger partial charge in [-0.3, -0.25) is 24.4 Å². The number of rotatable bonds is 9. The molecule has 0 radical (unpaired) electrons. The Balaban J connectivity index is 1.64. The number of carbonyl (C=O) groups excluding carboxylic acids is 2. The zero-order valence-corrected chi connectivity index (χ0v) is 18.9. The molecule has 0 aliphatic heterocycles. The number of carbonyl (C=O) groups is 2. The van der Waals surface area contributed by atoms with Crippen molar-refractivity contribution in [1.82, 2.24) is 20.5 Å². The Morgan fingerprint density at radius 2 is 1.94 bits per heavy atom. The van der Waals surface area contributed by atoms with Gasteiger partial charge < -0.3 is 10.1 Å². The van der Waals surface area contributed by atoms with Crippen molar-refractivity contribution in [3.63, 3.8) is 0 Å². The van der Waals surface area contributed by atoms with Crippen LogP contribution < -0.4 is 15.5 Å². The lowest BCUT2D eigenvalue weighted by Gasteiger charge is -2.10. The minimum Gasteiger partial charge on any atom is -0.496 e. The lowest BCUT2D eigenvalue weighted by Crippen LogP contribution is -2.34. The van der Waals surface area contributed by atoms with E-state index in [0.29, 0.717) is 28.3 Å². The zero-order valence-electron chi connectivity index (χ0n) is 18.9. The highest BCUT2D eigenvalue weighted by molar-refractivity contribution is 5.96. The van der Waals surface area contributed by atoms with Crippen molar-refractivity contribution in [3.8, 4) is 5.75 Å². The van der Waals surface area contributed by atoms with E-state index in [1.807, 2.05) is 0 Å². The quantitative estimate of drug-likeness (QED) is 0.283. The van der Waals surface area contributed by atoms with Crippen LogP contribution in [0.3, 0.4) is 0 Å². The summed E-state index contributed by atoms with van der Waals surface area (Å²) in [6, 6.07) is 13.8. The standard InChI is InChI=1S/C23H24N6O5/c1-15-22(29(32)33)16(2)28(27-15)14-19-11-17(9-10-20(19)34-3)12-25-26-21(30)13-24-23(31)18-7-5-4-6-8-18/h4-12H,13-14H2,1-3H3,(H,24,31)(H,26,30). The van der Waals surface area contributed by atoms with E-state index in [1.165, 1.54) is 13.3 Å². The first-order valence-corrected chi connectivity index (χ1v) is 10.3. The summed E-state index contributed by atoms with van der Waals surface area (Å²) in [5, 5.41) is 22.0. The molecule has 0 aliphatic rings. The van der Waals surface area contributed by atoms with E-state index >= 15 is 0 Å². The van der Waals surface area contributed by atoms with Gasteiger partial charge in [-0.2, -0.15) is 10.2 Å². The monoisotopic (exact) mass is 464 g/mol. The van der Waals surface area contributed by atoms with Crippen LogP contribution >= 0.6 is 0 Å². The minimum absolute atomic E-state index is 0.0150. The van der Waals surface area contributed by atoms with E-state index in [4.69, 9.17) is 4.74 Å². The van der Waals surface area contributed by atoms with Gasteiger partial charge in [0.2, 0.25) is 0 Å². The topological polar surface area (TPSA) is 141 Å². The van der Waals surface area contributed by atoms with E-state index in [0.717, 1.165) is 5.56 Å². The molecule has 0 saturated carbocycles. The van der Waals surface area contributed by atoms with Crippen molar-refractivity contribution in [1.29, 1.82) is 0 Å². The second-order valence-electron chi connectivity index (χ2n) is 7.35. The number of hydrazone groups is 1. The van der Waals surface area contributed by atoms with Gasteiger partial charge in [-0.25, -0.2) is 5.43 Å². The van der Waals surface area contributed by atoms with Gasteiger partial charge in [-0.15, -0.1) is 0 Å². The molecule has 1 aromatic heterocycles. The molecule has 0 unspecified atom stereocenters. The molecule has 0 bridgehead atoms. The molecule has 0 spiro atoms. The molecule has 11 nitrogen and oxygen atoms in total. The molecular weight excluding hydrogens is 440 g/mol. The summed E-state index contributed by atoms with van der Waals surface area (Å²) in [5.41, 5.74) is 4.97. The maximum Gasteiger partial charge on any atom is 0.312 e. The lowest BCUT2D eigenvalue weighted by molar-refractivity contribution is -0.386. The zero-order chi connectivity index (χ0) is 24.7. The molecule has 0 aliphatic carbocycles. The summed E-state index contributed by atoms with van der Waals surface area (Å²) in [5.74, 6) is -0.256. The molecule has 3 aromatic rings. The number of methoxy groups -OCH3 is 1. The largest absolute Gasteiger partial charge is 0.496 e. The molecule has 1 heterocycles. The molecule has 2 aromatic carbocycles. The Morgan fingerprint density at radius 1 is 1.21 bits per heavy atom. The lowest BCUT2D eigenvalue weighted by atomic mass is 10.1. The predicted octanol–water partition coefficient (Wildman–Crippen LogP) is 2.35. The number of ether oxygens (including phenoxy) is 1. The molecule has 34 heavy (non-hydrogen) atoms. The summed E-state index contributed by atoms with van der Waals surface area (Å²) in [7, 11) is 1.53. The first kappa shape index (κ1) is 24.1. The number of benzene rings is 2. The van der Waals surface area contributed by atoms with Gasteiger partial charge >= 0.3 is 5.69 Å². The van der Waals surface area contributed by atoms with Crippen molar-refractivity contribution in [2.75, 3.05) is 13.7 Å². The van der Waals surface area contributed by atoms with Crippen LogP contribution in [-0.4, -0.2) is 46.4 Å². The van der Waals surface area contributed by atoms with Crippen molar-refractivity contribution in [2.24, 2.45) is 5.10 Å². The molecule has 176 valence electrons. The van der Waals surface area contributed by atoms with Crippen LogP contribution in [0.25, 0.3) is 0 Å². The van der Waals surface area contributed by atoms with Gasteiger partial charge in [0.05, 0.1) is 31.3 Å². The number of hydrogen-bond donors (Lipinski definition) is 2. The third kappa shape index (κ3) is 5.82. The van der Waals surface area contributed by atoms with Crippen LogP contribution in [0.15, 0.2) is 53.6 Å². The first-order valence-electron chi connectivity index (χ1n) is 10.3. The second-order valence-corrected chi connectivity index (χ2v) is 7.35. The van der Waals surface area contributed by atoms with Gasteiger partial charge in [-0.05, 0) is 49.7 Å². The summed E-state index contributed by atoms with van der Waals surface area (Å²) < 4.78 is 6.95. The van der Waals surface area contributed by atoms with E-state index in [9.17, 15) is 19.7 Å². The Labute approximate surface area is 195 Å². The van der Waals surface area contributed by atoms with Crippen molar-refractivity contribution >= 4 is 23.7 Å². The van der Waals surface area contributed by atoms with Crippen LogP contribution in [0.1, 0.15) is 32.9 Å². The SMILES string of the molecule is COc1ccc(C=NNC(=O)CNC(=O)c2ccccc2)cc1Cn1nc(C)c([N+](=O)[O-])c1C. The van der Waals surface area contributed by atoms with E-state index < -0.39 is 10.8 Å². The van der Waals surface area contributed by atoms with E-state index in [-0.39, 0.29) is 24.7 Å². The summed E-state index contributed by atoms with van der Waals surface area (Å²) in [6.45, 7) is 3.26. The van der Waals surface area contributed by atoms with Crippen LogP contribution in [0.4, 0.5) is 5.69 Å². The van der Waals surface area contributed by atoms with Gasteiger partial charge in [0.15, 0.2) is 0 Å². The summed E-state index contributed by atoms with van der Waals surface area (Å²) in [4.78, 5) is 34.8. The first-order chi connectivity index (χ1) is 16.3. The van der Waals surface area contributed by atoms with Crippen molar-refractivity contribution in [3.05, 3.63) is 86.7 Å². The number of nitro groups is 1. The highest BCUT2D eigenvalue weighted by Gasteiger charge is 2.22.